The van der Waals surface area contributed by atoms with Gasteiger partial charge in [-0.3, -0.25) is 4.79 Å². The Kier molecular flexibility index (Phi) is 5.88. The maximum absolute atomic E-state index is 13.7. The first-order valence-electron chi connectivity index (χ1n) is 13.5. The van der Waals surface area contributed by atoms with Gasteiger partial charge in [0.15, 0.2) is 11.5 Å². The number of nitrogens with zero attached hydrogens (tertiary/aromatic N) is 2. The van der Waals surface area contributed by atoms with Crippen LogP contribution in [0.2, 0.25) is 0 Å². The Labute approximate surface area is 219 Å². The highest BCUT2D eigenvalue weighted by atomic mass is 16.5. The lowest BCUT2D eigenvalue weighted by Crippen LogP contribution is -2.68. The molecule has 194 valence electrons. The van der Waals surface area contributed by atoms with Crippen LogP contribution in [-0.4, -0.2) is 66.2 Å². The van der Waals surface area contributed by atoms with E-state index in [1.807, 2.05) is 35.2 Å². The van der Waals surface area contributed by atoms with E-state index >= 15 is 0 Å². The lowest BCUT2D eigenvalue weighted by Gasteiger charge is -2.60. The minimum atomic E-state index is -0.239. The SMILES string of the molecule is COc1cc(O)c2c3c1O[C@H]1[C@@H](N(CC(C)C)C(=O)C#Cc4ccccc4)CC[C@H]4[C@@H](C2)N(C)CC[C@@]341. The van der Waals surface area contributed by atoms with Crippen LogP contribution in [0.3, 0.4) is 0 Å². The molecule has 6 nitrogen and oxygen atoms in total. The number of hydrogen-bond acceptors (Lipinski definition) is 5. The van der Waals surface area contributed by atoms with Gasteiger partial charge in [0.1, 0.15) is 11.9 Å². The first-order valence-corrected chi connectivity index (χ1v) is 13.5. The Bertz CT molecular complexity index is 1280. The first kappa shape index (κ1) is 24.2. The van der Waals surface area contributed by atoms with Crippen molar-refractivity contribution in [3.05, 3.63) is 53.1 Å². The number of hydrogen-bond donors (Lipinski definition) is 1. The molecule has 1 N–H and O–H groups in total. The van der Waals surface area contributed by atoms with Crippen LogP contribution >= 0.6 is 0 Å². The summed E-state index contributed by atoms with van der Waals surface area (Å²) in [6, 6.07) is 11.6. The molecule has 2 aliphatic heterocycles. The highest BCUT2D eigenvalue weighted by Crippen LogP contribution is 2.65. The molecule has 2 bridgehead atoms. The van der Waals surface area contributed by atoms with Crippen LogP contribution in [-0.2, 0) is 16.6 Å². The number of carbonyl (C=O) groups excluding carboxylic acids is 1. The summed E-state index contributed by atoms with van der Waals surface area (Å²) in [7, 11) is 3.83. The van der Waals surface area contributed by atoms with Gasteiger partial charge >= 0.3 is 0 Å². The highest BCUT2D eigenvalue weighted by Gasteiger charge is 2.66. The number of likely N-dealkylation sites (tertiary alicyclic amines) is 1. The number of methoxy groups -OCH3 is 1. The zero-order chi connectivity index (χ0) is 25.9. The van der Waals surface area contributed by atoms with Gasteiger partial charge < -0.3 is 24.4 Å². The lowest BCUT2D eigenvalue weighted by atomic mass is 9.51. The van der Waals surface area contributed by atoms with Crippen molar-refractivity contribution in [3.8, 4) is 29.1 Å². The fourth-order valence-electron chi connectivity index (χ4n) is 7.72. The predicted octanol–water partition coefficient (Wildman–Crippen LogP) is 3.97. The average molecular weight is 501 g/mol. The molecular formula is C31H36N2O4. The summed E-state index contributed by atoms with van der Waals surface area (Å²) in [6.45, 7) is 5.88. The number of rotatable bonds is 4. The van der Waals surface area contributed by atoms with E-state index in [0.717, 1.165) is 54.7 Å². The van der Waals surface area contributed by atoms with E-state index in [4.69, 9.17) is 9.47 Å². The fourth-order valence-corrected chi connectivity index (χ4v) is 7.72. The number of aromatic hydroxyl groups is 1. The molecule has 2 aliphatic carbocycles. The number of phenolic OH excluding ortho intramolecular Hbond substituents is 1. The van der Waals surface area contributed by atoms with Gasteiger partial charge in [-0.25, -0.2) is 0 Å². The normalized spacial score (nSPS) is 29.1. The Morgan fingerprint density at radius 3 is 2.81 bits per heavy atom. The third-order valence-electron chi connectivity index (χ3n) is 9.18. The zero-order valence-corrected chi connectivity index (χ0v) is 22.2. The molecule has 1 spiro atoms. The van der Waals surface area contributed by atoms with Crippen molar-refractivity contribution < 1.29 is 19.4 Å². The van der Waals surface area contributed by atoms with Crippen LogP contribution in [0.15, 0.2) is 36.4 Å². The second-order valence-electron chi connectivity index (χ2n) is 11.6. The Morgan fingerprint density at radius 2 is 2.08 bits per heavy atom. The van der Waals surface area contributed by atoms with Gasteiger partial charge in [-0.1, -0.05) is 38.0 Å². The molecule has 0 unspecified atom stereocenters. The molecule has 37 heavy (non-hydrogen) atoms. The number of phenols is 1. The fraction of sp³-hybridized carbons (Fsp3) is 0.516. The smallest absolute Gasteiger partial charge is 0.299 e. The predicted molar refractivity (Wildman–Crippen MR) is 142 cm³/mol. The summed E-state index contributed by atoms with van der Waals surface area (Å²) in [4.78, 5) is 18.1. The van der Waals surface area contributed by atoms with E-state index in [1.165, 1.54) is 0 Å². The highest BCUT2D eigenvalue weighted by molar-refractivity contribution is 5.94. The second kappa shape index (κ2) is 8.99. The number of carbonyl (C=O) groups is 1. The number of benzene rings is 2. The quantitative estimate of drug-likeness (QED) is 0.644. The maximum atomic E-state index is 13.7. The van der Waals surface area contributed by atoms with Crippen molar-refractivity contribution in [2.24, 2.45) is 11.8 Å². The van der Waals surface area contributed by atoms with E-state index < -0.39 is 0 Å². The largest absolute Gasteiger partial charge is 0.508 e. The third kappa shape index (κ3) is 3.62. The van der Waals surface area contributed by atoms with Crippen molar-refractivity contribution in [1.82, 2.24) is 9.80 Å². The van der Waals surface area contributed by atoms with Crippen molar-refractivity contribution in [1.29, 1.82) is 0 Å². The van der Waals surface area contributed by atoms with E-state index in [1.54, 1.807) is 13.2 Å². The number of ether oxygens (including phenoxy) is 2. The van der Waals surface area contributed by atoms with Crippen LogP contribution in [0.25, 0.3) is 0 Å². The molecule has 2 fully saturated rings. The molecule has 0 radical (unpaired) electrons. The standard InChI is InChI=1S/C31H36N2O4/c1-19(2)18-33(27(35)13-10-20-8-6-5-7-9-20)23-12-11-22-24-16-21-25(34)17-26(36-4)29-28(21)31(22,30(23)37-29)14-15-32(24)3/h5-9,17,19,22-24,30,34H,11-12,14-16,18H2,1-4H3/t22-,23-,24+,30-,31-/m0/s1. The minimum Gasteiger partial charge on any atom is -0.508 e. The summed E-state index contributed by atoms with van der Waals surface area (Å²) in [5, 5.41) is 11.1. The Balaban J connectivity index is 1.44. The molecule has 2 aromatic rings. The number of piperidine rings is 1. The molecule has 6 heteroatoms. The van der Waals surface area contributed by atoms with Gasteiger partial charge in [-0.15, -0.1) is 0 Å². The van der Waals surface area contributed by atoms with Crippen molar-refractivity contribution >= 4 is 5.91 Å². The van der Waals surface area contributed by atoms with Crippen LogP contribution in [0, 0.1) is 23.7 Å². The van der Waals surface area contributed by atoms with E-state index in [-0.39, 0.29) is 23.5 Å². The van der Waals surface area contributed by atoms with Crippen molar-refractivity contribution in [3.63, 3.8) is 0 Å². The third-order valence-corrected chi connectivity index (χ3v) is 9.18. The summed E-state index contributed by atoms with van der Waals surface area (Å²) in [5.74, 6) is 8.23. The lowest BCUT2D eigenvalue weighted by molar-refractivity contribution is -0.137. The van der Waals surface area contributed by atoms with E-state index in [2.05, 4.69) is 37.6 Å². The Hall–Kier alpha value is -3.17. The van der Waals surface area contributed by atoms with Gasteiger partial charge in [0, 0.05) is 46.7 Å². The van der Waals surface area contributed by atoms with Crippen LogP contribution < -0.4 is 9.47 Å². The monoisotopic (exact) mass is 500 g/mol. The molecule has 6 rings (SSSR count). The second-order valence-corrected chi connectivity index (χ2v) is 11.6. The van der Waals surface area contributed by atoms with Gasteiger partial charge in [0.05, 0.1) is 13.2 Å². The number of likely N-dealkylation sites (N-methyl/N-ethyl adjacent to an activating group) is 1. The molecule has 2 heterocycles. The maximum Gasteiger partial charge on any atom is 0.299 e. The van der Waals surface area contributed by atoms with Gasteiger partial charge in [-0.05, 0) is 63.2 Å². The van der Waals surface area contributed by atoms with Crippen LogP contribution in [0.4, 0.5) is 0 Å². The first-order chi connectivity index (χ1) is 17.8. The van der Waals surface area contributed by atoms with Gasteiger partial charge in [0.2, 0.25) is 0 Å². The van der Waals surface area contributed by atoms with Crippen LogP contribution in [0.5, 0.6) is 17.2 Å². The molecular weight excluding hydrogens is 464 g/mol. The zero-order valence-electron chi connectivity index (χ0n) is 22.2. The Morgan fingerprint density at radius 1 is 1.30 bits per heavy atom. The van der Waals surface area contributed by atoms with Gasteiger partial charge in [0.25, 0.3) is 5.91 Å². The van der Waals surface area contributed by atoms with Crippen LogP contribution in [0.1, 0.15) is 49.8 Å². The van der Waals surface area contributed by atoms with Gasteiger partial charge in [-0.2, -0.15) is 0 Å². The molecule has 0 aromatic heterocycles. The molecule has 4 aliphatic rings. The molecule has 1 saturated carbocycles. The van der Waals surface area contributed by atoms with E-state index in [0.29, 0.717) is 35.9 Å². The summed E-state index contributed by atoms with van der Waals surface area (Å²) >= 11 is 0. The number of amides is 1. The minimum absolute atomic E-state index is 0.0921. The summed E-state index contributed by atoms with van der Waals surface area (Å²) in [5.41, 5.74) is 2.73. The molecule has 5 atom stereocenters. The van der Waals surface area contributed by atoms with Crippen molar-refractivity contribution in [2.45, 2.75) is 63.1 Å². The van der Waals surface area contributed by atoms with E-state index in [9.17, 15) is 9.90 Å². The summed E-state index contributed by atoms with van der Waals surface area (Å²) < 4.78 is 12.6. The molecule has 1 saturated heterocycles. The molecule has 1 amide bonds. The summed E-state index contributed by atoms with van der Waals surface area (Å²) in [6.07, 6.45) is 3.47. The topological polar surface area (TPSA) is 62.2 Å². The molecule has 2 aromatic carbocycles. The van der Waals surface area contributed by atoms with Crippen molar-refractivity contribution in [2.75, 3.05) is 27.2 Å². The average Bonchev–Trinajstić information content (AvgIpc) is 3.24.